The van der Waals surface area contributed by atoms with Gasteiger partial charge in [0.15, 0.2) is 5.79 Å². The Morgan fingerprint density at radius 3 is 2.89 bits per heavy atom. The van der Waals surface area contributed by atoms with Crippen LogP contribution in [0.15, 0.2) is 12.2 Å². The Hall–Kier alpha value is -0.380. The highest BCUT2D eigenvalue weighted by Gasteiger charge is 2.63. The molecule has 1 aliphatic heterocycles. The first-order valence-electron chi connectivity index (χ1n) is 7.23. The summed E-state index contributed by atoms with van der Waals surface area (Å²) in [6, 6.07) is 0. The van der Waals surface area contributed by atoms with E-state index in [0.717, 1.165) is 25.7 Å². The second-order valence-electron chi connectivity index (χ2n) is 7.02. The maximum Gasteiger partial charge on any atom is 0.163 e. The van der Waals surface area contributed by atoms with Gasteiger partial charge in [-0.3, -0.25) is 0 Å². The maximum absolute atomic E-state index is 9.92. The van der Waals surface area contributed by atoms with Crippen molar-refractivity contribution < 1.29 is 14.6 Å². The second-order valence-corrected chi connectivity index (χ2v) is 7.02. The third-order valence-corrected chi connectivity index (χ3v) is 5.52. The molecule has 3 fully saturated rings. The predicted octanol–water partition coefficient (Wildman–Crippen LogP) is 2.24. The van der Waals surface area contributed by atoms with Gasteiger partial charge >= 0.3 is 0 Å². The van der Waals surface area contributed by atoms with E-state index in [4.69, 9.17) is 9.47 Å². The first-order valence-corrected chi connectivity index (χ1v) is 7.23. The zero-order chi connectivity index (χ0) is 12.5. The minimum absolute atomic E-state index is 0.109. The summed E-state index contributed by atoms with van der Waals surface area (Å²) in [5, 5.41) is 9.92. The molecule has 0 aromatic carbocycles. The van der Waals surface area contributed by atoms with Crippen LogP contribution in [0.1, 0.15) is 39.5 Å². The van der Waals surface area contributed by atoms with E-state index in [1.807, 2.05) is 13.8 Å². The average molecular weight is 250 g/mol. The lowest BCUT2D eigenvalue weighted by Crippen LogP contribution is -2.58. The van der Waals surface area contributed by atoms with Crippen LogP contribution in [0.25, 0.3) is 0 Å². The summed E-state index contributed by atoms with van der Waals surface area (Å²) in [7, 11) is 0. The van der Waals surface area contributed by atoms with Crippen molar-refractivity contribution in [3.05, 3.63) is 12.2 Å². The van der Waals surface area contributed by atoms with Crippen LogP contribution in [0.4, 0.5) is 0 Å². The van der Waals surface area contributed by atoms with E-state index in [-0.39, 0.29) is 23.7 Å². The Labute approximate surface area is 108 Å². The van der Waals surface area contributed by atoms with Crippen LogP contribution in [0.5, 0.6) is 0 Å². The molecule has 1 saturated heterocycles. The minimum Gasteiger partial charge on any atom is -0.393 e. The molecule has 0 amide bonds. The van der Waals surface area contributed by atoms with Gasteiger partial charge in [0.2, 0.25) is 0 Å². The molecule has 5 rings (SSSR count). The molecule has 0 aromatic rings. The molecule has 1 spiro atoms. The number of hydrogen-bond donors (Lipinski definition) is 1. The van der Waals surface area contributed by atoms with Gasteiger partial charge in [0.05, 0.1) is 18.3 Å². The molecule has 1 heterocycles. The van der Waals surface area contributed by atoms with Crippen LogP contribution in [0.2, 0.25) is 0 Å². The largest absolute Gasteiger partial charge is 0.393 e. The summed E-state index contributed by atoms with van der Waals surface area (Å²) in [4.78, 5) is 0. The summed E-state index contributed by atoms with van der Waals surface area (Å²) in [6.45, 7) is 4.04. The van der Waals surface area contributed by atoms with Crippen molar-refractivity contribution in [3.63, 3.8) is 0 Å². The van der Waals surface area contributed by atoms with Crippen molar-refractivity contribution in [3.8, 4) is 0 Å². The standard InChI is InChI=1S/C15H22O3/c1-14(2)17-12-9-3-5-15(13(12)18-14)6-4-11(16)8-10(15)7-9/h3,5,9-13,16H,4,6-8H2,1-2H3/t9-,10-,11+,12-,13-,15-/m0/s1. The van der Waals surface area contributed by atoms with Crippen molar-refractivity contribution in [2.24, 2.45) is 17.3 Å². The Morgan fingerprint density at radius 2 is 2.06 bits per heavy atom. The van der Waals surface area contributed by atoms with Gasteiger partial charge in [0.1, 0.15) is 0 Å². The summed E-state index contributed by atoms with van der Waals surface area (Å²) < 4.78 is 12.3. The second kappa shape index (κ2) is 3.38. The van der Waals surface area contributed by atoms with Crippen LogP contribution in [-0.2, 0) is 9.47 Å². The molecule has 1 N–H and O–H groups in total. The molecule has 3 heteroatoms. The van der Waals surface area contributed by atoms with E-state index in [1.54, 1.807) is 0 Å². The molecule has 2 saturated carbocycles. The Balaban J connectivity index is 1.74. The maximum atomic E-state index is 9.92. The molecule has 18 heavy (non-hydrogen) atoms. The Morgan fingerprint density at radius 1 is 1.22 bits per heavy atom. The molecule has 4 aliphatic carbocycles. The Bertz CT molecular complexity index is 403. The zero-order valence-corrected chi connectivity index (χ0v) is 11.1. The molecule has 5 aliphatic rings. The number of aliphatic hydroxyl groups excluding tert-OH is 1. The quantitative estimate of drug-likeness (QED) is 0.670. The van der Waals surface area contributed by atoms with E-state index >= 15 is 0 Å². The van der Waals surface area contributed by atoms with Gasteiger partial charge < -0.3 is 14.6 Å². The monoisotopic (exact) mass is 250 g/mol. The van der Waals surface area contributed by atoms with Crippen LogP contribution >= 0.6 is 0 Å². The van der Waals surface area contributed by atoms with Gasteiger partial charge in [-0.1, -0.05) is 12.2 Å². The van der Waals surface area contributed by atoms with Crippen molar-refractivity contribution in [1.29, 1.82) is 0 Å². The predicted molar refractivity (Wildman–Crippen MR) is 66.9 cm³/mol. The van der Waals surface area contributed by atoms with Crippen LogP contribution in [0, 0.1) is 17.3 Å². The fourth-order valence-corrected chi connectivity index (χ4v) is 4.76. The lowest BCUT2D eigenvalue weighted by atomic mass is 9.51. The van der Waals surface area contributed by atoms with E-state index < -0.39 is 5.79 Å². The summed E-state index contributed by atoms with van der Waals surface area (Å²) in [5.41, 5.74) is 0.131. The number of ether oxygens (including phenoxy) is 2. The highest BCUT2D eigenvalue weighted by atomic mass is 16.8. The average Bonchev–Trinajstić information content (AvgIpc) is 2.66. The van der Waals surface area contributed by atoms with E-state index in [9.17, 15) is 5.11 Å². The third-order valence-electron chi connectivity index (χ3n) is 5.52. The molecule has 3 nitrogen and oxygen atoms in total. The van der Waals surface area contributed by atoms with Crippen molar-refractivity contribution >= 4 is 0 Å². The highest BCUT2D eigenvalue weighted by Crippen LogP contribution is 2.61. The zero-order valence-electron chi connectivity index (χ0n) is 11.1. The lowest BCUT2D eigenvalue weighted by molar-refractivity contribution is -0.159. The summed E-state index contributed by atoms with van der Waals surface area (Å²) in [5.74, 6) is 0.612. The lowest BCUT2D eigenvalue weighted by Gasteiger charge is -2.56. The van der Waals surface area contributed by atoms with E-state index in [0.29, 0.717) is 11.8 Å². The van der Waals surface area contributed by atoms with Crippen molar-refractivity contribution in [2.45, 2.75) is 63.6 Å². The van der Waals surface area contributed by atoms with Crippen molar-refractivity contribution in [1.82, 2.24) is 0 Å². The first-order chi connectivity index (χ1) is 8.50. The van der Waals surface area contributed by atoms with E-state index in [2.05, 4.69) is 12.2 Å². The normalized spacial score (nSPS) is 56.3. The fraction of sp³-hybridized carbons (Fsp3) is 0.867. The molecule has 2 bridgehead atoms. The fourth-order valence-electron chi connectivity index (χ4n) is 4.76. The molecular weight excluding hydrogens is 228 g/mol. The van der Waals surface area contributed by atoms with Gasteiger partial charge in [0, 0.05) is 11.3 Å². The highest BCUT2D eigenvalue weighted by molar-refractivity contribution is 5.24. The van der Waals surface area contributed by atoms with Crippen LogP contribution < -0.4 is 0 Å². The molecule has 100 valence electrons. The van der Waals surface area contributed by atoms with Gasteiger partial charge in [-0.05, 0) is 45.4 Å². The van der Waals surface area contributed by atoms with E-state index in [1.165, 1.54) is 0 Å². The molecule has 0 unspecified atom stereocenters. The Kier molecular flexibility index (Phi) is 2.15. The van der Waals surface area contributed by atoms with Gasteiger partial charge in [-0.2, -0.15) is 0 Å². The van der Waals surface area contributed by atoms with Gasteiger partial charge in [-0.25, -0.2) is 0 Å². The molecule has 0 aromatic heterocycles. The number of hydrogen-bond acceptors (Lipinski definition) is 3. The number of rotatable bonds is 0. The van der Waals surface area contributed by atoms with Crippen molar-refractivity contribution in [2.75, 3.05) is 0 Å². The molecule has 6 atom stereocenters. The van der Waals surface area contributed by atoms with Crippen LogP contribution in [0.3, 0.4) is 0 Å². The molecule has 0 radical (unpaired) electrons. The van der Waals surface area contributed by atoms with Crippen LogP contribution in [-0.4, -0.2) is 29.2 Å². The SMILES string of the molecule is CC1(C)O[C@H]2[C@H]3C=C[C@@]4(CC[C@@H](O)C[C@@H]4C3)[C@H]2O1. The minimum atomic E-state index is -0.447. The smallest absolute Gasteiger partial charge is 0.163 e. The van der Waals surface area contributed by atoms with Gasteiger partial charge in [-0.15, -0.1) is 0 Å². The van der Waals surface area contributed by atoms with Gasteiger partial charge in [0.25, 0.3) is 0 Å². The first kappa shape index (κ1) is 11.4. The summed E-state index contributed by atoms with van der Waals surface area (Å²) in [6.07, 6.45) is 9.11. The summed E-state index contributed by atoms with van der Waals surface area (Å²) >= 11 is 0. The topological polar surface area (TPSA) is 38.7 Å². The third kappa shape index (κ3) is 1.36. The molecular formula is C15H22O3. The number of aliphatic hydroxyl groups is 1.